The molecule has 0 atom stereocenters. The SMILES string of the molecule is NC(=NCc1ccccc1)NS(N)(=O)=O. The molecule has 0 aliphatic carbocycles. The van der Waals surface area contributed by atoms with Gasteiger partial charge >= 0.3 is 0 Å². The first-order valence-electron chi connectivity index (χ1n) is 4.12. The van der Waals surface area contributed by atoms with Gasteiger partial charge in [-0.2, -0.15) is 8.42 Å². The van der Waals surface area contributed by atoms with Crippen molar-refractivity contribution in [1.82, 2.24) is 4.72 Å². The van der Waals surface area contributed by atoms with Crippen molar-refractivity contribution in [2.45, 2.75) is 6.54 Å². The number of nitrogens with two attached hydrogens (primary N) is 2. The Kier molecular flexibility index (Phi) is 3.64. The summed E-state index contributed by atoms with van der Waals surface area (Å²) in [6.45, 7) is 0.301. The zero-order valence-electron chi connectivity index (χ0n) is 7.92. The Bertz CT molecular complexity index is 441. The predicted molar refractivity (Wildman–Crippen MR) is 58.0 cm³/mol. The van der Waals surface area contributed by atoms with Gasteiger partial charge in [-0.15, -0.1) is 0 Å². The molecule has 1 aromatic carbocycles. The van der Waals surface area contributed by atoms with E-state index in [2.05, 4.69) is 4.99 Å². The van der Waals surface area contributed by atoms with E-state index < -0.39 is 10.2 Å². The fourth-order valence-corrected chi connectivity index (χ4v) is 1.29. The van der Waals surface area contributed by atoms with Crippen molar-refractivity contribution in [2.24, 2.45) is 15.9 Å². The second-order valence-corrected chi connectivity index (χ2v) is 4.13. The fourth-order valence-electron chi connectivity index (χ4n) is 0.938. The third kappa shape index (κ3) is 4.99. The van der Waals surface area contributed by atoms with Gasteiger partial charge in [0.15, 0.2) is 0 Å². The average molecular weight is 228 g/mol. The molecule has 0 fully saturated rings. The van der Waals surface area contributed by atoms with Crippen LogP contribution < -0.4 is 15.6 Å². The second-order valence-electron chi connectivity index (χ2n) is 2.83. The smallest absolute Gasteiger partial charge is 0.298 e. The molecule has 0 saturated carbocycles. The normalized spacial score (nSPS) is 12.5. The van der Waals surface area contributed by atoms with Gasteiger partial charge in [0.25, 0.3) is 10.2 Å². The zero-order chi connectivity index (χ0) is 11.3. The van der Waals surface area contributed by atoms with Crippen molar-refractivity contribution in [3.8, 4) is 0 Å². The molecule has 0 saturated heterocycles. The number of guanidine groups is 1. The molecule has 1 rings (SSSR count). The summed E-state index contributed by atoms with van der Waals surface area (Å²) in [4.78, 5) is 3.80. The van der Waals surface area contributed by atoms with E-state index in [4.69, 9.17) is 10.9 Å². The van der Waals surface area contributed by atoms with Crippen LogP contribution in [-0.2, 0) is 16.8 Å². The first-order valence-corrected chi connectivity index (χ1v) is 5.66. The van der Waals surface area contributed by atoms with Crippen LogP contribution in [0.5, 0.6) is 0 Å². The number of hydrogen-bond acceptors (Lipinski definition) is 3. The van der Waals surface area contributed by atoms with Crippen LogP contribution in [0.25, 0.3) is 0 Å². The van der Waals surface area contributed by atoms with E-state index >= 15 is 0 Å². The van der Waals surface area contributed by atoms with Crippen LogP contribution in [0, 0.1) is 0 Å². The van der Waals surface area contributed by atoms with Gasteiger partial charge in [-0.3, -0.25) is 0 Å². The highest BCUT2D eigenvalue weighted by molar-refractivity contribution is 7.87. The van der Waals surface area contributed by atoms with Gasteiger partial charge in [0.1, 0.15) is 0 Å². The molecule has 0 aromatic heterocycles. The molecule has 0 amide bonds. The van der Waals surface area contributed by atoms with Crippen molar-refractivity contribution in [2.75, 3.05) is 0 Å². The van der Waals surface area contributed by atoms with Gasteiger partial charge in [-0.25, -0.2) is 14.9 Å². The highest BCUT2D eigenvalue weighted by atomic mass is 32.2. The maximum Gasteiger partial charge on any atom is 0.298 e. The molecule has 82 valence electrons. The van der Waals surface area contributed by atoms with E-state index in [1.165, 1.54) is 0 Å². The van der Waals surface area contributed by atoms with E-state index in [9.17, 15) is 8.42 Å². The minimum absolute atomic E-state index is 0.221. The Morgan fingerprint density at radius 2 is 1.93 bits per heavy atom. The minimum Gasteiger partial charge on any atom is -0.369 e. The molecule has 7 heteroatoms. The van der Waals surface area contributed by atoms with E-state index in [1.54, 1.807) is 0 Å². The first kappa shape index (κ1) is 11.5. The Balaban J connectivity index is 2.59. The van der Waals surface area contributed by atoms with E-state index in [0.717, 1.165) is 5.56 Å². The fraction of sp³-hybridized carbons (Fsp3) is 0.125. The number of nitrogens with one attached hydrogen (secondary N) is 1. The lowest BCUT2D eigenvalue weighted by Crippen LogP contribution is -2.40. The van der Waals surface area contributed by atoms with Crippen LogP contribution in [-0.4, -0.2) is 14.4 Å². The standard InChI is InChI=1S/C8H12N4O2S/c9-8(12-15(10,13)14)11-6-7-4-2-1-3-5-7/h1-5H,6H2,(H3,9,11,12)(H2,10,13,14). The summed E-state index contributed by atoms with van der Waals surface area (Å²) in [5.41, 5.74) is 6.21. The summed E-state index contributed by atoms with van der Waals surface area (Å²) < 4.78 is 23.0. The molecule has 5 N–H and O–H groups in total. The van der Waals surface area contributed by atoms with Crippen LogP contribution >= 0.6 is 0 Å². The maximum atomic E-state index is 10.6. The van der Waals surface area contributed by atoms with Gasteiger partial charge in [-0.1, -0.05) is 30.3 Å². The van der Waals surface area contributed by atoms with E-state index in [1.807, 2.05) is 35.1 Å². The number of rotatable bonds is 3. The van der Waals surface area contributed by atoms with Gasteiger partial charge in [-0.05, 0) is 5.56 Å². The molecular weight excluding hydrogens is 216 g/mol. The van der Waals surface area contributed by atoms with Crippen LogP contribution in [0.15, 0.2) is 35.3 Å². The molecule has 0 aliphatic heterocycles. The Morgan fingerprint density at radius 3 is 2.47 bits per heavy atom. The number of hydrogen-bond donors (Lipinski definition) is 3. The Hall–Kier alpha value is -1.60. The molecule has 0 aliphatic rings. The van der Waals surface area contributed by atoms with Gasteiger partial charge in [0.05, 0.1) is 6.54 Å². The third-order valence-corrected chi connectivity index (χ3v) is 2.02. The first-order chi connectivity index (χ1) is 6.97. The zero-order valence-corrected chi connectivity index (χ0v) is 8.74. The van der Waals surface area contributed by atoms with Crippen molar-refractivity contribution in [3.63, 3.8) is 0 Å². The monoisotopic (exact) mass is 228 g/mol. The summed E-state index contributed by atoms with van der Waals surface area (Å²) in [6.07, 6.45) is 0. The summed E-state index contributed by atoms with van der Waals surface area (Å²) in [5.74, 6) is -0.221. The predicted octanol–water partition coefficient (Wildman–Crippen LogP) is -0.706. The van der Waals surface area contributed by atoms with Crippen molar-refractivity contribution in [3.05, 3.63) is 35.9 Å². The molecule has 0 spiro atoms. The van der Waals surface area contributed by atoms with Crippen molar-refractivity contribution in [1.29, 1.82) is 0 Å². The number of benzene rings is 1. The largest absolute Gasteiger partial charge is 0.369 e. The number of nitrogens with zero attached hydrogens (tertiary/aromatic N) is 1. The van der Waals surface area contributed by atoms with Crippen molar-refractivity contribution >= 4 is 16.2 Å². The second kappa shape index (κ2) is 4.76. The lowest BCUT2D eigenvalue weighted by Gasteiger charge is -2.01. The topological polar surface area (TPSA) is 111 Å². The maximum absolute atomic E-state index is 10.6. The van der Waals surface area contributed by atoms with Gasteiger partial charge < -0.3 is 5.73 Å². The van der Waals surface area contributed by atoms with Gasteiger partial charge in [0.2, 0.25) is 5.96 Å². The summed E-state index contributed by atoms with van der Waals surface area (Å²) in [6, 6.07) is 9.29. The van der Waals surface area contributed by atoms with Gasteiger partial charge in [0, 0.05) is 0 Å². The lowest BCUT2D eigenvalue weighted by atomic mass is 10.2. The molecule has 6 nitrogen and oxygen atoms in total. The Morgan fingerprint density at radius 1 is 1.33 bits per heavy atom. The molecule has 0 bridgehead atoms. The Labute approximate surface area is 88.2 Å². The quantitative estimate of drug-likeness (QED) is 0.469. The summed E-state index contributed by atoms with van der Waals surface area (Å²) in [5, 5.41) is 4.71. The van der Waals surface area contributed by atoms with Crippen molar-refractivity contribution < 1.29 is 8.42 Å². The molecule has 0 unspecified atom stereocenters. The summed E-state index contributed by atoms with van der Waals surface area (Å²) in [7, 11) is -3.83. The van der Waals surface area contributed by atoms with Crippen LogP contribution in [0.2, 0.25) is 0 Å². The van der Waals surface area contributed by atoms with Crippen LogP contribution in [0.3, 0.4) is 0 Å². The molecule has 0 heterocycles. The molecular formula is C8H12N4O2S. The highest BCUT2D eigenvalue weighted by Crippen LogP contribution is 1.99. The molecule has 15 heavy (non-hydrogen) atoms. The number of aliphatic imine (C=N–C) groups is 1. The average Bonchev–Trinajstić information content (AvgIpc) is 2.14. The lowest BCUT2D eigenvalue weighted by molar-refractivity contribution is 0.594. The van der Waals surface area contributed by atoms with Crippen LogP contribution in [0.1, 0.15) is 5.56 Å². The molecule has 1 aromatic rings. The van der Waals surface area contributed by atoms with Crippen LogP contribution in [0.4, 0.5) is 0 Å². The van der Waals surface area contributed by atoms with E-state index in [0.29, 0.717) is 6.54 Å². The van der Waals surface area contributed by atoms with E-state index in [-0.39, 0.29) is 5.96 Å². The third-order valence-electron chi connectivity index (χ3n) is 1.52. The summed E-state index contributed by atoms with van der Waals surface area (Å²) >= 11 is 0. The highest BCUT2D eigenvalue weighted by Gasteiger charge is 2.01. The molecule has 0 radical (unpaired) electrons. The minimum atomic E-state index is -3.83.